The SMILES string of the molecule is C[C@@H]1CN(C(=O)[C@H]2COc3ccccc3O2)C[C@@H](C)O1. The quantitative estimate of drug-likeness (QED) is 0.780. The number of hydrogen-bond donors (Lipinski definition) is 0. The summed E-state index contributed by atoms with van der Waals surface area (Å²) in [5, 5.41) is 0. The number of rotatable bonds is 1. The molecular weight excluding hydrogens is 258 g/mol. The van der Waals surface area contributed by atoms with Crippen molar-refractivity contribution in [3.05, 3.63) is 24.3 Å². The van der Waals surface area contributed by atoms with Gasteiger partial charge in [-0.3, -0.25) is 4.79 Å². The Labute approximate surface area is 118 Å². The molecule has 3 atom stereocenters. The Hall–Kier alpha value is -1.75. The Morgan fingerprint density at radius 2 is 1.80 bits per heavy atom. The molecule has 1 aromatic carbocycles. The van der Waals surface area contributed by atoms with Gasteiger partial charge in [0, 0.05) is 13.1 Å². The number of para-hydroxylation sites is 2. The van der Waals surface area contributed by atoms with Crippen LogP contribution in [0.3, 0.4) is 0 Å². The van der Waals surface area contributed by atoms with Crippen LogP contribution in [0.2, 0.25) is 0 Å². The first-order valence-corrected chi connectivity index (χ1v) is 6.96. The van der Waals surface area contributed by atoms with E-state index in [-0.39, 0.29) is 24.7 Å². The van der Waals surface area contributed by atoms with Crippen LogP contribution < -0.4 is 9.47 Å². The van der Waals surface area contributed by atoms with Crippen LogP contribution in [0.25, 0.3) is 0 Å². The van der Waals surface area contributed by atoms with E-state index in [0.717, 1.165) is 0 Å². The monoisotopic (exact) mass is 277 g/mol. The Morgan fingerprint density at radius 3 is 2.50 bits per heavy atom. The van der Waals surface area contributed by atoms with E-state index in [1.54, 1.807) is 4.90 Å². The number of benzene rings is 1. The number of hydrogen-bond acceptors (Lipinski definition) is 4. The molecule has 0 unspecified atom stereocenters. The minimum atomic E-state index is -0.567. The average molecular weight is 277 g/mol. The number of morpholine rings is 1. The van der Waals surface area contributed by atoms with E-state index in [0.29, 0.717) is 24.6 Å². The molecule has 20 heavy (non-hydrogen) atoms. The molecule has 0 aliphatic carbocycles. The van der Waals surface area contributed by atoms with E-state index in [9.17, 15) is 4.79 Å². The van der Waals surface area contributed by atoms with E-state index >= 15 is 0 Å². The molecule has 0 aromatic heterocycles. The second-order valence-electron chi connectivity index (χ2n) is 5.36. The van der Waals surface area contributed by atoms with Gasteiger partial charge in [0.25, 0.3) is 5.91 Å². The molecule has 1 aromatic rings. The van der Waals surface area contributed by atoms with Crippen LogP contribution >= 0.6 is 0 Å². The number of carbonyl (C=O) groups is 1. The van der Waals surface area contributed by atoms with E-state index in [1.165, 1.54) is 0 Å². The van der Waals surface area contributed by atoms with Gasteiger partial charge in [-0.25, -0.2) is 0 Å². The largest absolute Gasteiger partial charge is 0.485 e. The third-order valence-corrected chi connectivity index (χ3v) is 3.52. The van der Waals surface area contributed by atoms with Gasteiger partial charge in [0.15, 0.2) is 11.5 Å². The summed E-state index contributed by atoms with van der Waals surface area (Å²) in [6.07, 6.45) is -0.457. The van der Waals surface area contributed by atoms with Crippen molar-refractivity contribution in [2.45, 2.75) is 32.2 Å². The predicted octanol–water partition coefficient (Wildman–Crippen LogP) is 1.46. The molecule has 0 N–H and O–H groups in total. The fraction of sp³-hybridized carbons (Fsp3) is 0.533. The van der Waals surface area contributed by atoms with Crippen molar-refractivity contribution < 1.29 is 19.0 Å². The fourth-order valence-electron chi connectivity index (χ4n) is 2.70. The van der Waals surface area contributed by atoms with Crippen LogP contribution in [-0.4, -0.2) is 48.8 Å². The average Bonchev–Trinajstić information content (AvgIpc) is 2.45. The van der Waals surface area contributed by atoms with Crippen molar-refractivity contribution in [3.8, 4) is 11.5 Å². The molecule has 5 heteroatoms. The Bertz CT molecular complexity index is 494. The highest BCUT2D eigenvalue weighted by Gasteiger charge is 2.34. The Kier molecular flexibility index (Phi) is 3.53. The summed E-state index contributed by atoms with van der Waals surface area (Å²) < 4.78 is 17.0. The molecule has 3 rings (SSSR count). The summed E-state index contributed by atoms with van der Waals surface area (Å²) >= 11 is 0. The molecule has 2 heterocycles. The standard InChI is InChI=1S/C15H19NO4/c1-10-7-16(8-11(2)19-10)15(17)14-9-18-12-5-3-4-6-13(12)20-14/h3-6,10-11,14H,7-9H2,1-2H3/t10-,11-,14-/m1/s1. The predicted molar refractivity (Wildman–Crippen MR) is 72.9 cm³/mol. The smallest absolute Gasteiger partial charge is 0.267 e. The number of carbonyl (C=O) groups excluding carboxylic acids is 1. The lowest BCUT2D eigenvalue weighted by Gasteiger charge is -2.37. The van der Waals surface area contributed by atoms with E-state index in [4.69, 9.17) is 14.2 Å². The summed E-state index contributed by atoms with van der Waals surface area (Å²) in [5.74, 6) is 1.30. The van der Waals surface area contributed by atoms with E-state index < -0.39 is 6.10 Å². The third-order valence-electron chi connectivity index (χ3n) is 3.52. The normalized spacial score (nSPS) is 29.1. The fourth-order valence-corrected chi connectivity index (χ4v) is 2.70. The van der Waals surface area contributed by atoms with Crippen molar-refractivity contribution in [2.75, 3.05) is 19.7 Å². The summed E-state index contributed by atoms with van der Waals surface area (Å²) in [6, 6.07) is 7.41. The zero-order valence-corrected chi connectivity index (χ0v) is 11.7. The molecule has 0 spiro atoms. The molecule has 0 saturated carbocycles. The first-order chi connectivity index (χ1) is 9.63. The van der Waals surface area contributed by atoms with Crippen LogP contribution in [0.15, 0.2) is 24.3 Å². The van der Waals surface area contributed by atoms with Gasteiger partial charge < -0.3 is 19.1 Å². The van der Waals surface area contributed by atoms with Crippen LogP contribution in [-0.2, 0) is 9.53 Å². The van der Waals surface area contributed by atoms with Crippen molar-refractivity contribution in [1.82, 2.24) is 4.90 Å². The first kappa shape index (κ1) is 13.2. The van der Waals surface area contributed by atoms with Crippen molar-refractivity contribution in [1.29, 1.82) is 0 Å². The maximum absolute atomic E-state index is 12.5. The molecule has 5 nitrogen and oxygen atoms in total. The number of ether oxygens (including phenoxy) is 3. The minimum absolute atomic E-state index is 0.0264. The highest BCUT2D eigenvalue weighted by atomic mass is 16.6. The van der Waals surface area contributed by atoms with Gasteiger partial charge in [-0.15, -0.1) is 0 Å². The van der Waals surface area contributed by atoms with Crippen LogP contribution in [0.4, 0.5) is 0 Å². The van der Waals surface area contributed by atoms with Gasteiger partial charge in [-0.1, -0.05) is 12.1 Å². The lowest BCUT2D eigenvalue weighted by atomic mass is 10.2. The van der Waals surface area contributed by atoms with Crippen LogP contribution in [0, 0.1) is 0 Å². The lowest BCUT2D eigenvalue weighted by Crippen LogP contribution is -2.54. The second kappa shape index (κ2) is 5.32. The second-order valence-corrected chi connectivity index (χ2v) is 5.36. The molecule has 0 bridgehead atoms. The van der Waals surface area contributed by atoms with Crippen LogP contribution in [0.1, 0.15) is 13.8 Å². The summed E-state index contributed by atoms with van der Waals surface area (Å²) in [6.45, 7) is 5.41. The van der Waals surface area contributed by atoms with Crippen molar-refractivity contribution >= 4 is 5.91 Å². The summed E-state index contributed by atoms with van der Waals surface area (Å²) in [5.41, 5.74) is 0. The summed E-state index contributed by atoms with van der Waals surface area (Å²) in [4.78, 5) is 14.3. The maximum Gasteiger partial charge on any atom is 0.267 e. The van der Waals surface area contributed by atoms with Gasteiger partial charge in [0.2, 0.25) is 6.10 Å². The van der Waals surface area contributed by atoms with Gasteiger partial charge >= 0.3 is 0 Å². The topological polar surface area (TPSA) is 48.0 Å². The molecule has 1 saturated heterocycles. The number of fused-ring (bicyclic) bond motifs is 1. The molecule has 1 amide bonds. The first-order valence-electron chi connectivity index (χ1n) is 6.96. The molecule has 0 radical (unpaired) electrons. The maximum atomic E-state index is 12.5. The van der Waals surface area contributed by atoms with Crippen molar-refractivity contribution in [2.24, 2.45) is 0 Å². The van der Waals surface area contributed by atoms with Gasteiger partial charge in [0.1, 0.15) is 6.61 Å². The van der Waals surface area contributed by atoms with E-state index in [1.807, 2.05) is 38.1 Å². The van der Waals surface area contributed by atoms with E-state index in [2.05, 4.69) is 0 Å². The lowest BCUT2D eigenvalue weighted by molar-refractivity contribution is -0.152. The van der Waals surface area contributed by atoms with Gasteiger partial charge in [-0.2, -0.15) is 0 Å². The number of nitrogens with zero attached hydrogens (tertiary/aromatic N) is 1. The zero-order chi connectivity index (χ0) is 14.1. The highest BCUT2D eigenvalue weighted by molar-refractivity contribution is 5.82. The zero-order valence-electron chi connectivity index (χ0n) is 11.7. The molecule has 108 valence electrons. The van der Waals surface area contributed by atoms with Gasteiger partial charge in [-0.05, 0) is 26.0 Å². The number of amides is 1. The van der Waals surface area contributed by atoms with Gasteiger partial charge in [0.05, 0.1) is 12.2 Å². The molecule has 2 aliphatic rings. The molecule has 1 fully saturated rings. The Balaban J connectivity index is 1.69. The Morgan fingerprint density at radius 1 is 1.15 bits per heavy atom. The molecular formula is C15H19NO4. The third kappa shape index (κ3) is 2.58. The highest BCUT2D eigenvalue weighted by Crippen LogP contribution is 2.31. The van der Waals surface area contributed by atoms with Crippen LogP contribution in [0.5, 0.6) is 11.5 Å². The summed E-state index contributed by atoms with van der Waals surface area (Å²) in [7, 11) is 0. The minimum Gasteiger partial charge on any atom is -0.485 e. The molecule has 2 aliphatic heterocycles. The van der Waals surface area contributed by atoms with Crippen molar-refractivity contribution in [3.63, 3.8) is 0 Å².